The Labute approximate surface area is 144 Å². The molecule has 0 aromatic heterocycles. The molecule has 3 heteroatoms. The smallest absolute Gasteiger partial charge is 0.169 e. The molecule has 0 saturated carbocycles. The largest absolute Gasteiger partial charge is 0.507 e. The van der Waals surface area contributed by atoms with E-state index in [1.54, 1.807) is 6.07 Å². The van der Waals surface area contributed by atoms with Gasteiger partial charge >= 0.3 is 0 Å². The lowest BCUT2D eigenvalue weighted by molar-refractivity contribution is 0.389. The highest BCUT2D eigenvalue weighted by molar-refractivity contribution is 5.88. The van der Waals surface area contributed by atoms with Crippen LogP contribution >= 0.6 is 0 Å². The van der Waals surface area contributed by atoms with E-state index in [-0.39, 0.29) is 17.2 Å². The number of phenolic OH excluding ortho intramolecular Hbond substituents is 3. The van der Waals surface area contributed by atoms with Crippen LogP contribution in [0.5, 0.6) is 17.2 Å². The Bertz CT molecular complexity index is 708. The van der Waals surface area contributed by atoms with Gasteiger partial charge in [-0.1, -0.05) is 43.6 Å². The number of rotatable bonds is 6. The fourth-order valence-corrected chi connectivity index (χ4v) is 3.25. The fourth-order valence-electron chi connectivity index (χ4n) is 3.25. The lowest BCUT2D eigenvalue weighted by Crippen LogP contribution is -2.01. The molecule has 1 aromatic carbocycles. The van der Waals surface area contributed by atoms with Crippen molar-refractivity contribution in [3.8, 4) is 17.2 Å². The highest BCUT2D eigenvalue weighted by Gasteiger charge is 2.23. The molecule has 0 radical (unpaired) electrons. The number of benzene rings is 1. The van der Waals surface area contributed by atoms with E-state index in [1.165, 1.54) is 5.57 Å². The Morgan fingerprint density at radius 2 is 1.83 bits per heavy atom. The maximum atomic E-state index is 10.6. The molecule has 0 fully saturated rings. The first-order chi connectivity index (χ1) is 11.4. The Morgan fingerprint density at radius 1 is 1.12 bits per heavy atom. The summed E-state index contributed by atoms with van der Waals surface area (Å²) in [5.74, 6) is -0.346. The average Bonchev–Trinajstić information content (AvgIpc) is 2.52. The van der Waals surface area contributed by atoms with Crippen molar-refractivity contribution >= 4 is 5.57 Å². The molecule has 0 spiro atoms. The summed E-state index contributed by atoms with van der Waals surface area (Å²) in [4.78, 5) is 0. The Morgan fingerprint density at radius 3 is 2.46 bits per heavy atom. The van der Waals surface area contributed by atoms with Gasteiger partial charge in [0.25, 0.3) is 0 Å². The maximum Gasteiger partial charge on any atom is 0.169 e. The van der Waals surface area contributed by atoms with Gasteiger partial charge in [0.05, 0.1) is 5.56 Å². The van der Waals surface area contributed by atoms with Crippen molar-refractivity contribution < 1.29 is 15.3 Å². The third-order valence-electron chi connectivity index (χ3n) is 4.65. The van der Waals surface area contributed by atoms with E-state index in [0.717, 1.165) is 48.8 Å². The lowest BCUT2D eigenvalue weighted by atomic mass is 9.84. The Balaban J connectivity index is 2.55. The van der Waals surface area contributed by atoms with Crippen LogP contribution in [0.1, 0.15) is 64.0 Å². The Hall–Kier alpha value is -2.16. The normalized spacial score (nSPS) is 14.7. The molecular weight excluding hydrogens is 300 g/mol. The summed E-state index contributed by atoms with van der Waals surface area (Å²) < 4.78 is 0. The van der Waals surface area contributed by atoms with Gasteiger partial charge in [0.2, 0.25) is 0 Å². The zero-order chi connectivity index (χ0) is 17.9. The van der Waals surface area contributed by atoms with Gasteiger partial charge in [0.1, 0.15) is 5.75 Å². The van der Waals surface area contributed by atoms with Gasteiger partial charge in [-0.25, -0.2) is 0 Å². The number of unbranched alkanes of at least 4 members (excludes halogenated alkanes) is 2. The standard InChI is InChI=1S/C21H28O3/c1-5-6-7-8-15-12-18(22)19(21(24)20(15)23)17-11-14(4)9-10-16(17)13(2)3/h11-12,22-24H,2,5-10H2,1,3-4H3. The van der Waals surface area contributed by atoms with Crippen LogP contribution < -0.4 is 0 Å². The van der Waals surface area contributed by atoms with E-state index in [1.807, 2.05) is 19.9 Å². The third-order valence-corrected chi connectivity index (χ3v) is 4.65. The number of aryl methyl sites for hydroxylation is 1. The van der Waals surface area contributed by atoms with E-state index < -0.39 is 0 Å². The molecule has 0 aliphatic heterocycles. The summed E-state index contributed by atoms with van der Waals surface area (Å²) in [6.45, 7) is 10.1. The van der Waals surface area contributed by atoms with Crippen LogP contribution in [-0.2, 0) is 6.42 Å². The van der Waals surface area contributed by atoms with Gasteiger partial charge in [0, 0.05) is 5.56 Å². The molecule has 0 unspecified atom stereocenters. The van der Waals surface area contributed by atoms with Crippen LogP contribution in [0.25, 0.3) is 5.57 Å². The molecule has 130 valence electrons. The average molecular weight is 328 g/mol. The van der Waals surface area contributed by atoms with Crippen molar-refractivity contribution in [2.75, 3.05) is 0 Å². The summed E-state index contributed by atoms with van der Waals surface area (Å²) in [5, 5.41) is 31.5. The molecule has 0 saturated heterocycles. The summed E-state index contributed by atoms with van der Waals surface area (Å²) in [6.07, 6.45) is 7.42. The molecule has 3 nitrogen and oxygen atoms in total. The van der Waals surface area contributed by atoms with Gasteiger partial charge in [-0.05, 0) is 56.7 Å². The fraction of sp³-hybridized carbons (Fsp3) is 0.429. The van der Waals surface area contributed by atoms with Crippen molar-refractivity contribution in [1.29, 1.82) is 0 Å². The number of hydrogen-bond donors (Lipinski definition) is 3. The van der Waals surface area contributed by atoms with Crippen molar-refractivity contribution in [1.82, 2.24) is 0 Å². The highest BCUT2D eigenvalue weighted by Crippen LogP contribution is 2.47. The van der Waals surface area contributed by atoms with Gasteiger partial charge < -0.3 is 15.3 Å². The van der Waals surface area contributed by atoms with Gasteiger partial charge in [-0.2, -0.15) is 0 Å². The first kappa shape index (κ1) is 18.2. The molecular formula is C21H28O3. The van der Waals surface area contributed by atoms with Gasteiger partial charge in [0.15, 0.2) is 11.5 Å². The van der Waals surface area contributed by atoms with Crippen LogP contribution in [0.2, 0.25) is 0 Å². The van der Waals surface area contributed by atoms with Crippen LogP contribution in [0.4, 0.5) is 0 Å². The zero-order valence-electron chi connectivity index (χ0n) is 14.9. The quantitative estimate of drug-likeness (QED) is 0.361. The van der Waals surface area contributed by atoms with Crippen molar-refractivity contribution in [3.05, 3.63) is 46.6 Å². The first-order valence-corrected chi connectivity index (χ1v) is 8.70. The van der Waals surface area contributed by atoms with E-state index in [2.05, 4.69) is 13.5 Å². The molecule has 3 N–H and O–H groups in total. The molecule has 24 heavy (non-hydrogen) atoms. The molecule has 0 heterocycles. The van der Waals surface area contributed by atoms with Gasteiger partial charge in [-0.3, -0.25) is 0 Å². The summed E-state index contributed by atoms with van der Waals surface area (Å²) in [7, 11) is 0. The van der Waals surface area contributed by atoms with E-state index in [9.17, 15) is 15.3 Å². The van der Waals surface area contributed by atoms with Gasteiger partial charge in [-0.15, -0.1) is 0 Å². The van der Waals surface area contributed by atoms with Crippen LogP contribution in [-0.4, -0.2) is 15.3 Å². The van der Waals surface area contributed by atoms with Crippen LogP contribution in [0, 0.1) is 0 Å². The van der Waals surface area contributed by atoms with Crippen LogP contribution in [0.15, 0.2) is 35.4 Å². The van der Waals surface area contributed by atoms with Crippen molar-refractivity contribution in [2.45, 2.75) is 59.3 Å². The summed E-state index contributed by atoms with van der Waals surface area (Å²) in [5.41, 5.74) is 4.78. The third kappa shape index (κ3) is 3.66. The minimum absolute atomic E-state index is 0.0106. The predicted octanol–water partition coefficient (Wildman–Crippen LogP) is 5.61. The van der Waals surface area contributed by atoms with E-state index >= 15 is 0 Å². The van der Waals surface area contributed by atoms with Crippen LogP contribution in [0.3, 0.4) is 0 Å². The number of phenols is 3. The van der Waals surface area contributed by atoms with Crippen molar-refractivity contribution in [3.63, 3.8) is 0 Å². The Kier molecular flexibility index (Phi) is 5.76. The second-order valence-electron chi connectivity index (χ2n) is 6.75. The molecule has 0 atom stereocenters. The zero-order valence-corrected chi connectivity index (χ0v) is 14.9. The first-order valence-electron chi connectivity index (χ1n) is 8.70. The topological polar surface area (TPSA) is 60.7 Å². The maximum absolute atomic E-state index is 10.6. The summed E-state index contributed by atoms with van der Waals surface area (Å²) >= 11 is 0. The number of hydrogen-bond acceptors (Lipinski definition) is 3. The second kappa shape index (κ2) is 7.61. The van der Waals surface area contributed by atoms with E-state index in [4.69, 9.17) is 0 Å². The second-order valence-corrected chi connectivity index (χ2v) is 6.75. The van der Waals surface area contributed by atoms with E-state index in [0.29, 0.717) is 17.5 Å². The monoisotopic (exact) mass is 328 g/mol. The highest BCUT2D eigenvalue weighted by atomic mass is 16.3. The molecule has 1 aliphatic rings. The SMILES string of the molecule is C=C(C)C1=C(c2c(O)cc(CCCCC)c(O)c2O)C=C(C)CC1. The number of allylic oxidation sites excluding steroid dienone is 5. The molecule has 0 amide bonds. The molecule has 1 aliphatic carbocycles. The summed E-state index contributed by atoms with van der Waals surface area (Å²) in [6, 6.07) is 1.58. The minimum atomic E-state index is -0.235. The minimum Gasteiger partial charge on any atom is -0.507 e. The predicted molar refractivity (Wildman–Crippen MR) is 99.4 cm³/mol. The molecule has 0 bridgehead atoms. The molecule has 2 rings (SSSR count). The molecule has 1 aromatic rings. The lowest BCUT2D eigenvalue weighted by Gasteiger charge is -2.22. The number of aromatic hydroxyl groups is 3. The van der Waals surface area contributed by atoms with Crippen molar-refractivity contribution in [2.24, 2.45) is 0 Å².